The summed E-state index contributed by atoms with van der Waals surface area (Å²) in [5.74, 6) is -1.06. The summed E-state index contributed by atoms with van der Waals surface area (Å²) < 4.78 is 40.5. The van der Waals surface area contributed by atoms with Gasteiger partial charge in [0.2, 0.25) is 5.95 Å². The maximum atomic E-state index is 13.5. The van der Waals surface area contributed by atoms with Gasteiger partial charge in [-0.3, -0.25) is 4.79 Å². The van der Waals surface area contributed by atoms with Crippen LogP contribution in [0.25, 0.3) is 0 Å². The molecule has 2 aromatic rings. The molecule has 28 heavy (non-hydrogen) atoms. The van der Waals surface area contributed by atoms with Crippen LogP contribution < -0.4 is 10.6 Å². The van der Waals surface area contributed by atoms with Crippen molar-refractivity contribution < 1.29 is 18.0 Å². The molecule has 5 nitrogen and oxygen atoms in total. The lowest BCUT2D eigenvalue weighted by atomic mass is 10.1. The summed E-state index contributed by atoms with van der Waals surface area (Å²) in [5, 5.41) is 5.80. The monoisotopic (exact) mass is 412 g/mol. The van der Waals surface area contributed by atoms with Gasteiger partial charge >= 0.3 is 6.18 Å². The third kappa shape index (κ3) is 5.34. The van der Waals surface area contributed by atoms with Crippen LogP contribution in [0.3, 0.4) is 0 Å². The van der Waals surface area contributed by atoms with Crippen LogP contribution in [0.4, 0.5) is 24.8 Å². The van der Waals surface area contributed by atoms with Crippen molar-refractivity contribution in [1.82, 2.24) is 15.3 Å². The molecular formula is C19H20ClF3N4O. The molecule has 2 N–H and O–H groups in total. The SMILES string of the molecule is O=C(NC1CCCCCC1)c1cnc(Nc2cccc(Cl)c2)nc1C(F)(F)F. The number of nitrogens with one attached hydrogen (secondary N) is 2. The Kier molecular flexibility index (Phi) is 6.39. The minimum atomic E-state index is -4.79. The van der Waals surface area contributed by atoms with Gasteiger partial charge in [0.05, 0.1) is 5.56 Å². The first kappa shape index (κ1) is 20.4. The van der Waals surface area contributed by atoms with E-state index >= 15 is 0 Å². The van der Waals surface area contributed by atoms with Gasteiger partial charge < -0.3 is 10.6 Å². The molecule has 1 fully saturated rings. The molecule has 9 heteroatoms. The lowest BCUT2D eigenvalue weighted by Crippen LogP contribution is -2.36. The van der Waals surface area contributed by atoms with Crippen LogP contribution in [0.15, 0.2) is 30.5 Å². The van der Waals surface area contributed by atoms with Crippen molar-refractivity contribution in [2.75, 3.05) is 5.32 Å². The molecule has 0 aliphatic heterocycles. The Morgan fingerprint density at radius 2 is 1.86 bits per heavy atom. The van der Waals surface area contributed by atoms with Gasteiger partial charge in [0.1, 0.15) is 0 Å². The molecule has 0 saturated heterocycles. The molecule has 0 bridgehead atoms. The number of anilines is 2. The van der Waals surface area contributed by atoms with E-state index in [2.05, 4.69) is 20.6 Å². The summed E-state index contributed by atoms with van der Waals surface area (Å²) in [4.78, 5) is 19.9. The Morgan fingerprint density at radius 3 is 2.50 bits per heavy atom. The van der Waals surface area contributed by atoms with E-state index in [0.29, 0.717) is 10.7 Å². The summed E-state index contributed by atoms with van der Waals surface area (Å²) in [7, 11) is 0. The van der Waals surface area contributed by atoms with E-state index in [1.807, 2.05) is 0 Å². The zero-order valence-corrected chi connectivity index (χ0v) is 15.8. The van der Waals surface area contributed by atoms with E-state index in [-0.39, 0.29) is 12.0 Å². The highest BCUT2D eigenvalue weighted by molar-refractivity contribution is 6.30. The van der Waals surface area contributed by atoms with Crippen molar-refractivity contribution in [3.63, 3.8) is 0 Å². The molecule has 1 saturated carbocycles. The molecule has 1 aromatic carbocycles. The highest BCUT2D eigenvalue weighted by Crippen LogP contribution is 2.31. The number of benzene rings is 1. The fraction of sp³-hybridized carbons (Fsp3) is 0.421. The van der Waals surface area contributed by atoms with E-state index < -0.39 is 23.3 Å². The molecule has 0 atom stereocenters. The molecular weight excluding hydrogens is 393 g/mol. The van der Waals surface area contributed by atoms with Crippen LogP contribution in [0, 0.1) is 0 Å². The Hall–Kier alpha value is -2.35. The van der Waals surface area contributed by atoms with Crippen molar-refractivity contribution in [2.24, 2.45) is 0 Å². The zero-order chi connectivity index (χ0) is 20.1. The first-order valence-corrected chi connectivity index (χ1v) is 9.48. The van der Waals surface area contributed by atoms with Gasteiger partial charge in [-0.15, -0.1) is 0 Å². The zero-order valence-electron chi connectivity index (χ0n) is 15.0. The van der Waals surface area contributed by atoms with E-state index in [0.717, 1.165) is 44.7 Å². The third-order valence-electron chi connectivity index (χ3n) is 4.57. The van der Waals surface area contributed by atoms with Crippen LogP contribution >= 0.6 is 11.6 Å². The minimum Gasteiger partial charge on any atom is -0.349 e. The number of alkyl halides is 3. The van der Waals surface area contributed by atoms with Crippen molar-refractivity contribution in [2.45, 2.75) is 50.7 Å². The first-order valence-electron chi connectivity index (χ1n) is 9.10. The van der Waals surface area contributed by atoms with Gasteiger partial charge in [0, 0.05) is 22.9 Å². The van der Waals surface area contributed by atoms with Crippen molar-refractivity contribution in [3.05, 3.63) is 46.7 Å². The molecule has 1 heterocycles. The largest absolute Gasteiger partial charge is 0.434 e. The van der Waals surface area contributed by atoms with Crippen LogP contribution in [0.2, 0.25) is 5.02 Å². The number of rotatable bonds is 4. The average molecular weight is 413 g/mol. The number of carbonyl (C=O) groups is 1. The van der Waals surface area contributed by atoms with Crippen molar-refractivity contribution in [3.8, 4) is 0 Å². The number of aromatic nitrogens is 2. The first-order chi connectivity index (χ1) is 13.3. The number of hydrogen-bond donors (Lipinski definition) is 2. The second-order valence-electron chi connectivity index (χ2n) is 6.75. The fourth-order valence-electron chi connectivity index (χ4n) is 3.21. The number of nitrogens with zero attached hydrogens (tertiary/aromatic N) is 2. The molecule has 1 aliphatic rings. The lowest BCUT2D eigenvalue weighted by Gasteiger charge is -2.18. The predicted octanol–water partition coefficient (Wildman–Crippen LogP) is 5.35. The number of amides is 1. The van der Waals surface area contributed by atoms with Gasteiger partial charge in [-0.05, 0) is 31.0 Å². The summed E-state index contributed by atoms with van der Waals surface area (Å²) in [5.41, 5.74) is -1.40. The Labute approximate surface area is 165 Å². The number of halogens is 4. The molecule has 3 rings (SSSR count). The Bertz CT molecular complexity index is 836. The van der Waals surface area contributed by atoms with Crippen molar-refractivity contribution >= 4 is 29.1 Å². The number of carbonyl (C=O) groups excluding carboxylic acids is 1. The molecule has 0 spiro atoms. The van der Waals surface area contributed by atoms with Gasteiger partial charge in [-0.1, -0.05) is 43.4 Å². The summed E-state index contributed by atoms with van der Waals surface area (Å²) >= 11 is 5.87. The second-order valence-corrected chi connectivity index (χ2v) is 7.19. The summed E-state index contributed by atoms with van der Waals surface area (Å²) in [6.07, 6.45) is 1.72. The molecule has 0 radical (unpaired) electrons. The molecule has 150 valence electrons. The quantitative estimate of drug-likeness (QED) is 0.665. The maximum Gasteiger partial charge on any atom is 0.434 e. The van der Waals surface area contributed by atoms with E-state index in [4.69, 9.17) is 11.6 Å². The smallest absolute Gasteiger partial charge is 0.349 e. The molecule has 1 aliphatic carbocycles. The van der Waals surface area contributed by atoms with Crippen LogP contribution in [0.1, 0.15) is 54.6 Å². The normalized spacial score (nSPS) is 15.7. The lowest BCUT2D eigenvalue weighted by molar-refractivity contribution is -0.141. The average Bonchev–Trinajstić information content (AvgIpc) is 2.89. The van der Waals surface area contributed by atoms with Crippen LogP contribution in [0.5, 0.6) is 0 Å². The Morgan fingerprint density at radius 1 is 1.14 bits per heavy atom. The predicted molar refractivity (Wildman–Crippen MR) is 101 cm³/mol. The highest BCUT2D eigenvalue weighted by Gasteiger charge is 2.38. The standard InChI is InChI=1S/C19H20ClF3N4O/c20-12-6-5-9-14(10-12)26-18-24-11-15(16(27-18)19(21,22)23)17(28)25-13-7-3-1-2-4-8-13/h5-6,9-11,13H,1-4,7-8H2,(H,25,28)(H,24,26,27). The minimum absolute atomic E-state index is 0.125. The van der Waals surface area contributed by atoms with E-state index in [1.165, 1.54) is 6.07 Å². The topological polar surface area (TPSA) is 66.9 Å². The summed E-state index contributed by atoms with van der Waals surface area (Å²) in [6, 6.07) is 6.31. The van der Waals surface area contributed by atoms with Gasteiger partial charge in [0.15, 0.2) is 5.69 Å². The third-order valence-corrected chi connectivity index (χ3v) is 4.81. The Balaban J connectivity index is 1.83. The van der Waals surface area contributed by atoms with Crippen molar-refractivity contribution in [1.29, 1.82) is 0 Å². The molecule has 0 unspecified atom stereocenters. The second kappa shape index (κ2) is 8.77. The van der Waals surface area contributed by atoms with Gasteiger partial charge in [0.25, 0.3) is 5.91 Å². The molecule has 1 amide bonds. The highest BCUT2D eigenvalue weighted by atomic mass is 35.5. The fourth-order valence-corrected chi connectivity index (χ4v) is 3.40. The number of hydrogen-bond acceptors (Lipinski definition) is 4. The summed E-state index contributed by atoms with van der Waals surface area (Å²) in [6.45, 7) is 0. The van der Waals surface area contributed by atoms with E-state index in [9.17, 15) is 18.0 Å². The van der Waals surface area contributed by atoms with Gasteiger partial charge in [-0.2, -0.15) is 13.2 Å². The van der Waals surface area contributed by atoms with Crippen LogP contribution in [-0.4, -0.2) is 21.9 Å². The van der Waals surface area contributed by atoms with Crippen LogP contribution in [-0.2, 0) is 6.18 Å². The van der Waals surface area contributed by atoms with E-state index in [1.54, 1.807) is 18.2 Å². The molecule has 1 aromatic heterocycles. The van der Waals surface area contributed by atoms with Gasteiger partial charge in [-0.25, -0.2) is 9.97 Å². The maximum absolute atomic E-state index is 13.5.